The summed E-state index contributed by atoms with van der Waals surface area (Å²) in [5.74, 6) is -1.53. The molecule has 8 nitrogen and oxygen atoms in total. The van der Waals surface area contributed by atoms with Gasteiger partial charge in [0.15, 0.2) is 0 Å². The predicted molar refractivity (Wildman–Crippen MR) is 57.0 cm³/mol. The van der Waals surface area contributed by atoms with Crippen molar-refractivity contribution < 1.29 is 27.8 Å². The Bertz CT molecular complexity index is 535. The fourth-order valence-electron chi connectivity index (χ4n) is 0.961. The van der Waals surface area contributed by atoms with Gasteiger partial charge in [-0.25, -0.2) is 4.79 Å². The molecule has 0 aromatic heterocycles. The van der Waals surface area contributed by atoms with Gasteiger partial charge in [0.25, 0.3) is 15.8 Å². The van der Waals surface area contributed by atoms with Gasteiger partial charge in [0, 0.05) is 12.1 Å². The van der Waals surface area contributed by atoms with Crippen LogP contribution >= 0.6 is 0 Å². The Morgan fingerprint density at radius 3 is 2.18 bits per heavy atom. The first-order chi connectivity index (χ1) is 7.21. The summed E-state index contributed by atoms with van der Waals surface area (Å²) < 4.78 is 30.1. The third kappa shape index (κ3) is 4.06. The van der Waals surface area contributed by atoms with Crippen molar-refractivity contribution in [3.63, 3.8) is 0 Å². The number of nitrogens with zero attached hydrogens (tertiary/aromatic N) is 1. The van der Waals surface area contributed by atoms with Crippen molar-refractivity contribution in [1.82, 2.24) is 0 Å². The molecule has 1 rings (SSSR count). The van der Waals surface area contributed by atoms with E-state index in [1.54, 1.807) is 0 Å². The molecule has 0 aliphatic carbocycles. The molecule has 0 amide bonds. The summed E-state index contributed by atoms with van der Waals surface area (Å²) in [6, 6.07) is 1.89. The molecule has 0 radical (unpaired) electrons. The summed E-state index contributed by atoms with van der Waals surface area (Å²) in [7, 11) is -4.68. The number of hydrogen-bond donors (Lipinski definition) is 2. The van der Waals surface area contributed by atoms with Gasteiger partial charge in [0.05, 0.1) is 10.5 Å². The monoisotopic (exact) mass is 271 g/mol. The van der Waals surface area contributed by atoms with E-state index in [4.69, 9.17) is 9.66 Å². The molecule has 88 valence electrons. The SMILES string of the molecule is O=C(O)c1cc([N+](=O)[O-])cc(S(=O)(=O)O)c1.[NaH]. The van der Waals surface area contributed by atoms with Crippen LogP contribution in [0.25, 0.3) is 0 Å². The summed E-state index contributed by atoms with van der Waals surface area (Å²) in [5.41, 5.74) is -1.32. The van der Waals surface area contributed by atoms with Crippen molar-refractivity contribution in [3.05, 3.63) is 33.9 Å². The van der Waals surface area contributed by atoms with Crippen LogP contribution in [0.2, 0.25) is 0 Å². The minimum atomic E-state index is -4.68. The summed E-state index contributed by atoms with van der Waals surface area (Å²) in [4.78, 5) is 19.2. The Kier molecular flexibility index (Phi) is 5.23. The quantitative estimate of drug-likeness (QED) is 0.339. The molecule has 0 aliphatic rings. The van der Waals surface area contributed by atoms with E-state index in [0.29, 0.717) is 18.2 Å². The number of rotatable bonds is 3. The van der Waals surface area contributed by atoms with Crippen molar-refractivity contribution in [2.24, 2.45) is 0 Å². The molecule has 2 N–H and O–H groups in total. The molecule has 10 heteroatoms. The second-order valence-corrected chi connectivity index (χ2v) is 4.17. The van der Waals surface area contributed by atoms with Crippen LogP contribution in [0.5, 0.6) is 0 Å². The predicted octanol–water partition coefficient (Wildman–Crippen LogP) is -0.109. The Hall–Kier alpha value is -1.000. The fraction of sp³-hybridized carbons (Fsp3) is 0. The van der Waals surface area contributed by atoms with Crippen LogP contribution < -0.4 is 0 Å². The number of nitro benzene ring substituents is 1. The molecule has 0 bridgehead atoms. The van der Waals surface area contributed by atoms with E-state index in [0.717, 1.165) is 0 Å². The average Bonchev–Trinajstić information content (AvgIpc) is 2.15. The molecule has 17 heavy (non-hydrogen) atoms. The molecule has 1 aromatic carbocycles. The summed E-state index contributed by atoms with van der Waals surface area (Å²) >= 11 is 0. The number of carboxylic acid groups (broad SMARTS) is 1. The van der Waals surface area contributed by atoms with Crippen LogP contribution in [0.1, 0.15) is 10.4 Å². The number of hydrogen-bond acceptors (Lipinski definition) is 5. The number of benzene rings is 1. The summed E-state index contributed by atoms with van der Waals surface area (Å²) in [5, 5.41) is 19.0. The second-order valence-electron chi connectivity index (χ2n) is 2.75. The Labute approximate surface area is 117 Å². The summed E-state index contributed by atoms with van der Waals surface area (Å²) in [6.07, 6.45) is 0. The maximum atomic E-state index is 10.7. The van der Waals surface area contributed by atoms with Gasteiger partial charge in [-0.15, -0.1) is 0 Å². The van der Waals surface area contributed by atoms with E-state index in [-0.39, 0.29) is 29.6 Å². The van der Waals surface area contributed by atoms with Crippen molar-refractivity contribution >= 4 is 51.3 Å². The molecule has 0 atom stereocenters. The van der Waals surface area contributed by atoms with Gasteiger partial charge in [0.1, 0.15) is 4.90 Å². The standard InChI is InChI=1S/C7H5NO7S.Na.H/c9-7(10)4-1-5(8(11)12)3-6(2-4)16(13,14)15;;/h1-3H,(H,9,10)(H,13,14,15);;. The number of non-ortho nitro benzene ring substituents is 1. The van der Waals surface area contributed by atoms with Crippen molar-refractivity contribution in [2.45, 2.75) is 4.90 Å². The van der Waals surface area contributed by atoms with Crippen LogP contribution in [0.15, 0.2) is 23.1 Å². The molecule has 0 spiro atoms. The zero-order chi connectivity index (χ0) is 12.5. The molecule has 0 unspecified atom stereocenters. The van der Waals surface area contributed by atoms with Gasteiger partial charge in [-0.3, -0.25) is 14.7 Å². The number of carboxylic acids is 1. The second kappa shape index (κ2) is 5.56. The van der Waals surface area contributed by atoms with Gasteiger partial charge in [-0.05, 0) is 6.07 Å². The summed E-state index contributed by atoms with van der Waals surface area (Å²) in [6.45, 7) is 0. The van der Waals surface area contributed by atoms with Crippen molar-refractivity contribution in [1.29, 1.82) is 0 Å². The first-order valence-corrected chi connectivity index (χ1v) is 5.16. The van der Waals surface area contributed by atoms with Gasteiger partial charge < -0.3 is 5.11 Å². The topological polar surface area (TPSA) is 135 Å². The van der Waals surface area contributed by atoms with Gasteiger partial charge in [-0.1, -0.05) is 0 Å². The van der Waals surface area contributed by atoms with Crippen LogP contribution in [0.3, 0.4) is 0 Å². The van der Waals surface area contributed by atoms with E-state index in [1.807, 2.05) is 0 Å². The van der Waals surface area contributed by atoms with Crippen LogP contribution in [0.4, 0.5) is 5.69 Å². The Morgan fingerprint density at radius 1 is 1.29 bits per heavy atom. The Morgan fingerprint density at radius 2 is 1.82 bits per heavy atom. The van der Waals surface area contributed by atoms with E-state index in [1.165, 1.54) is 0 Å². The van der Waals surface area contributed by atoms with E-state index < -0.39 is 37.2 Å². The number of carbonyl (C=O) groups is 1. The van der Waals surface area contributed by atoms with E-state index >= 15 is 0 Å². The third-order valence-electron chi connectivity index (χ3n) is 1.65. The van der Waals surface area contributed by atoms with Gasteiger partial charge in [0.2, 0.25) is 0 Å². The zero-order valence-corrected chi connectivity index (χ0v) is 8.34. The Balaban J connectivity index is 0.00000256. The molecule has 1 aromatic rings. The normalized spacial score (nSPS) is 10.4. The average molecular weight is 271 g/mol. The van der Waals surface area contributed by atoms with Crippen LogP contribution in [-0.4, -0.2) is 58.5 Å². The maximum absolute atomic E-state index is 10.7. The van der Waals surface area contributed by atoms with Crippen molar-refractivity contribution in [3.8, 4) is 0 Å². The van der Waals surface area contributed by atoms with Crippen molar-refractivity contribution in [2.75, 3.05) is 0 Å². The first kappa shape index (κ1) is 16.0. The minimum absolute atomic E-state index is 0. The molecule has 0 fully saturated rings. The van der Waals surface area contributed by atoms with Crippen LogP contribution in [-0.2, 0) is 10.1 Å². The molecule has 0 heterocycles. The molecule has 0 aliphatic heterocycles. The fourth-order valence-corrected chi connectivity index (χ4v) is 1.51. The molecular weight excluding hydrogens is 265 g/mol. The zero-order valence-electron chi connectivity index (χ0n) is 7.52. The van der Waals surface area contributed by atoms with E-state index in [2.05, 4.69) is 0 Å². The number of nitro groups is 1. The molecular formula is C7H6NNaO7S. The number of aromatic carboxylic acids is 1. The third-order valence-corrected chi connectivity index (χ3v) is 2.48. The molecule has 0 saturated carbocycles. The first-order valence-electron chi connectivity index (χ1n) is 3.72. The van der Waals surface area contributed by atoms with Crippen LogP contribution in [0, 0.1) is 10.1 Å². The molecule has 0 saturated heterocycles. The van der Waals surface area contributed by atoms with Gasteiger partial charge in [-0.2, -0.15) is 8.42 Å². The van der Waals surface area contributed by atoms with Gasteiger partial charge >= 0.3 is 35.5 Å². The van der Waals surface area contributed by atoms with E-state index in [9.17, 15) is 23.3 Å².